The standard InChI is InChI=1S/C9H19N3O/c1-6(7(2)10)9(13)12-8-3-4-11-5-8/h6-8,11H,3-5,10H2,1-2H3,(H,12,13). The van der Waals surface area contributed by atoms with Crippen LogP contribution in [-0.4, -0.2) is 31.1 Å². The number of nitrogens with two attached hydrogens (primary N) is 1. The second kappa shape index (κ2) is 4.58. The molecule has 3 unspecified atom stereocenters. The van der Waals surface area contributed by atoms with Crippen LogP contribution in [0.2, 0.25) is 0 Å². The lowest BCUT2D eigenvalue weighted by molar-refractivity contribution is -0.125. The van der Waals surface area contributed by atoms with Crippen LogP contribution in [0.5, 0.6) is 0 Å². The Morgan fingerprint density at radius 3 is 2.77 bits per heavy atom. The molecule has 0 saturated carbocycles. The molecular formula is C9H19N3O. The molecule has 1 rings (SSSR count). The molecule has 3 atom stereocenters. The van der Waals surface area contributed by atoms with Crippen LogP contribution >= 0.6 is 0 Å². The summed E-state index contributed by atoms with van der Waals surface area (Å²) in [7, 11) is 0. The molecule has 1 saturated heterocycles. The molecule has 13 heavy (non-hydrogen) atoms. The molecule has 1 fully saturated rings. The van der Waals surface area contributed by atoms with E-state index >= 15 is 0 Å². The Kier molecular flexibility index (Phi) is 3.69. The van der Waals surface area contributed by atoms with Crippen LogP contribution in [0.3, 0.4) is 0 Å². The van der Waals surface area contributed by atoms with Crippen molar-refractivity contribution < 1.29 is 4.79 Å². The van der Waals surface area contributed by atoms with E-state index in [0.29, 0.717) is 6.04 Å². The number of hydrogen-bond donors (Lipinski definition) is 3. The van der Waals surface area contributed by atoms with Crippen LogP contribution in [0.4, 0.5) is 0 Å². The van der Waals surface area contributed by atoms with Crippen molar-refractivity contribution in [3.05, 3.63) is 0 Å². The average molecular weight is 185 g/mol. The number of carbonyl (C=O) groups excluding carboxylic acids is 1. The Balaban J connectivity index is 2.31. The molecule has 0 bridgehead atoms. The van der Waals surface area contributed by atoms with Gasteiger partial charge in [0.15, 0.2) is 0 Å². The highest BCUT2D eigenvalue weighted by molar-refractivity contribution is 5.79. The quantitative estimate of drug-likeness (QED) is 0.552. The van der Waals surface area contributed by atoms with Crippen molar-refractivity contribution in [2.24, 2.45) is 11.7 Å². The third kappa shape index (κ3) is 2.97. The van der Waals surface area contributed by atoms with E-state index in [1.165, 1.54) is 0 Å². The van der Waals surface area contributed by atoms with E-state index in [-0.39, 0.29) is 17.9 Å². The maximum absolute atomic E-state index is 11.5. The predicted octanol–water partition coefficient (Wildman–Crippen LogP) is -0.552. The van der Waals surface area contributed by atoms with E-state index < -0.39 is 0 Å². The molecule has 0 aliphatic carbocycles. The van der Waals surface area contributed by atoms with Crippen LogP contribution in [-0.2, 0) is 4.79 Å². The summed E-state index contributed by atoms with van der Waals surface area (Å²) in [5, 5.41) is 6.18. The minimum absolute atomic E-state index is 0.0729. The molecular weight excluding hydrogens is 166 g/mol. The van der Waals surface area contributed by atoms with Crippen molar-refractivity contribution in [1.29, 1.82) is 0 Å². The Morgan fingerprint density at radius 2 is 2.31 bits per heavy atom. The summed E-state index contributed by atoms with van der Waals surface area (Å²) in [6.07, 6.45) is 1.03. The van der Waals surface area contributed by atoms with Crippen LogP contribution in [0.1, 0.15) is 20.3 Å². The molecule has 76 valence electrons. The van der Waals surface area contributed by atoms with E-state index in [4.69, 9.17) is 5.73 Å². The fraction of sp³-hybridized carbons (Fsp3) is 0.889. The van der Waals surface area contributed by atoms with E-state index in [1.807, 2.05) is 13.8 Å². The van der Waals surface area contributed by atoms with Crippen LogP contribution in [0.15, 0.2) is 0 Å². The van der Waals surface area contributed by atoms with Crippen molar-refractivity contribution in [2.45, 2.75) is 32.4 Å². The first kappa shape index (κ1) is 10.5. The zero-order valence-corrected chi connectivity index (χ0v) is 8.34. The Labute approximate surface area is 79.3 Å². The highest BCUT2D eigenvalue weighted by Gasteiger charge is 2.21. The average Bonchev–Trinajstić information content (AvgIpc) is 2.55. The molecule has 1 aliphatic rings. The summed E-state index contributed by atoms with van der Waals surface area (Å²) in [4.78, 5) is 11.5. The first-order valence-corrected chi connectivity index (χ1v) is 4.88. The summed E-state index contributed by atoms with van der Waals surface area (Å²) in [6, 6.07) is 0.225. The lowest BCUT2D eigenvalue weighted by atomic mass is 10.0. The van der Waals surface area contributed by atoms with Gasteiger partial charge in [-0.1, -0.05) is 6.92 Å². The Bertz CT molecular complexity index is 176. The van der Waals surface area contributed by atoms with Crippen LogP contribution < -0.4 is 16.4 Å². The van der Waals surface area contributed by atoms with E-state index in [9.17, 15) is 4.79 Å². The zero-order chi connectivity index (χ0) is 9.84. The van der Waals surface area contributed by atoms with Crippen molar-refractivity contribution in [3.63, 3.8) is 0 Å². The van der Waals surface area contributed by atoms with Gasteiger partial charge in [0.1, 0.15) is 0 Å². The van der Waals surface area contributed by atoms with Gasteiger partial charge in [0, 0.05) is 24.5 Å². The number of nitrogens with one attached hydrogen (secondary N) is 2. The second-order valence-corrected chi connectivity index (χ2v) is 3.85. The number of amides is 1. The van der Waals surface area contributed by atoms with E-state index in [0.717, 1.165) is 19.5 Å². The number of hydrogen-bond acceptors (Lipinski definition) is 3. The number of carbonyl (C=O) groups is 1. The molecule has 1 amide bonds. The van der Waals surface area contributed by atoms with Gasteiger partial charge in [0.25, 0.3) is 0 Å². The van der Waals surface area contributed by atoms with E-state index in [1.54, 1.807) is 0 Å². The van der Waals surface area contributed by atoms with Gasteiger partial charge in [0.05, 0.1) is 0 Å². The topological polar surface area (TPSA) is 67.2 Å². The first-order chi connectivity index (χ1) is 6.11. The third-order valence-corrected chi connectivity index (χ3v) is 2.61. The second-order valence-electron chi connectivity index (χ2n) is 3.85. The molecule has 1 heterocycles. The summed E-state index contributed by atoms with van der Waals surface area (Å²) in [5.74, 6) is -0.0238. The molecule has 0 radical (unpaired) electrons. The highest BCUT2D eigenvalue weighted by Crippen LogP contribution is 2.03. The van der Waals surface area contributed by atoms with Gasteiger partial charge in [-0.3, -0.25) is 4.79 Å². The van der Waals surface area contributed by atoms with Crippen LogP contribution in [0, 0.1) is 5.92 Å². The number of rotatable bonds is 3. The van der Waals surface area contributed by atoms with Crippen molar-refractivity contribution in [2.75, 3.05) is 13.1 Å². The summed E-state index contributed by atoms with van der Waals surface area (Å²) in [6.45, 7) is 5.61. The predicted molar refractivity (Wildman–Crippen MR) is 52.2 cm³/mol. The van der Waals surface area contributed by atoms with Gasteiger partial charge in [-0.15, -0.1) is 0 Å². The molecule has 4 nitrogen and oxygen atoms in total. The maximum atomic E-state index is 11.5. The van der Waals surface area contributed by atoms with Gasteiger partial charge >= 0.3 is 0 Å². The monoisotopic (exact) mass is 185 g/mol. The van der Waals surface area contributed by atoms with E-state index in [2.05, 4.69) is 10.6 Å². The Morgan fingerprint density at radius 1 is 1.62 bits per heavy atom. The minimum Gasteiger partial charge on any atom is -0.352 e. The van der Waals surface area contributed by atoms with Crippen LogP contribution in [0.25, 0.3) is 0 Å². The molecule has 4 N–H and O–H groups in total. The fourth-order valence-electron chi connectivity index (χ4n) is 1.35. The smallest absolute Gasteiger partial charge is 0.224 e. The molecule has 0 spiro atoms. The SMILES string of the molecule is CC(N)C(C)C(=O)NC1CCNC1. The lowest BCUT2D eigenvalue weighted by Gasteiger charge is -2.18. The van der Waals surface area contributed by atoms with Crippen molar-refractivity contribution >= 4 is 5.91 Å². The molecule has 4 heteroatoms. The third-order valence-electron chi connectivity index (χ3n) is 2.61. The van der Waals surface area contributed by atoms with Gasteiger partial charge in [-0.25, -0.2) is 0 Å². The Hall–Kier alpha value is -0.610. The van der Waals surface area contributed by atoms with Gasteiger partial charge in [-0.05, 0) is 19.9 Å². The molecule has 0 aromatic carbocycles. The molecule has 0 aromatic rings. The maximum Gasteiger partial charge on any atom is 0.224 e. The zero-order valence-electron chi connectivity index (χ0n) is 8.34. The normalized spacial score (nSPS) is 26.8. The molecule has 1 aliphatic heterocycles. The summed E-state index contributed by atoms with van der Waals surface area (Å²) < 4.78 is 0. The van der Waals surface area contributed by atoms with Gasteiger partial charge in [0.2, 0.25) is 5.91 Å². The largest absolute Gasteiger partial charge is 0.352 e. The lowest BCUT2D eigenvalue weighted by Crippen LogP contribution is -2.44. The van der Waals surface area contributed by atoms with Crippen molar-refractivity contribution in [1.82, 2.24) is 10.6 Å². The molecule has 0 aromatic heterocycles. The fourth-order valence-corrected chi connectivity index (χ4v) is 1.35. The highest BCUT2D eigenvalue weighted by atomic mass is 16.2. The summed E-state index contributed by atoms with van der Waals surface area (Å²) >= 11 is 0. The van der Waals surface area contributed by atoms with Gasteiger partial charge < -0.3 is 16.4 Å². The van der Waals surface area contributed by atoms with Gasteiger partial charge in [-0.2, -0.15) is 0 Å². The first-order valence-electron chi connectivity index (χ1n) is 4.88. The summed E-state index contributed by atoms with van der Waals surface area (Å²) in [5.41, 5.74) is 5.63. The minimum atomic E-state index is -0.0967. The van der Waals surface area contributed by atoms with Crippen molar-refractivity contribution in [3.8, 4) is 0 Å².